The lowest BCUT2D eigenvalue weighted by molar-refractivity contribution is 1.28. The summed E-state index contributed by atoms with van der Waals surface area (Å²) in [7, 11) is 0. The van der Waals surface area contributed by atoms with Gasteiger partial charge in [-0.2, -0.15) is 0 Å². The maximum atomic E-state index is 5.20. The molecule has 4 heteroatoms. The molecule has 0 N–H and O–H groups in total. The zero-order valence-corrected chi connectivity index (χ0v) is 36.0. The van der Waals surface area contributed by atoms with Gasteiger partial charge in [-0.1, -0.05) is 170 Å². The molecule has 0 spiro atoms. The van der Waals surface area contributed by atoms with Crippen molar-refractivity contribution in [2.24, 2.45) is 0 Å². The summed E-state index contributed by atoms with van der Waals surface area (Å²) in [6.45, 7) is 0. The Morgan fingerprint density at radius 1 is 0.227 bits per heavy atom. The molecule has 4 nitrogen and oxygen atoms in total. The van der Waals surface area contributed by atoms with Crippen LogP contribution in [0.1, 0.15) is 0 Å². The van der Waals surface area contributed by atoms with Crippen molar-refractivity contribution in [1.29, 1.82) is 0 Å². The van der Waals surface area contributed by atoms with E-state index in [9.17, 15) is 0 Å². The van der Waals surface area contributed by atoms with Crippen LogP contribution < -0.4 is 9.80 Å². The first-order chi connectivity index (χ1) is 32.7. The number of hydrogen-bond acceptors (Lipinski definition) is 4. The van der Waals surface area contributed by atoms with Crippen molar-refractivity contribution >= 4 is 66.7 Å². The van der Waals surface area contributed by atoms with Crippen molar-refractivity contribution in [2.75, 3.05) is 9.80 Å². The fourth-order valence-electron chi connectivity index (χ4n) is 9.39. The Hall–Kier alpha value is -8.86. The molecule has 0 saturated heterocycles. The predicted molar refractivity (Wildman–Crippen MR) is 277 cm³/mol. The fraction of sp³-hybridized carbons (Fsp3) is 0. The second-order valence-electron chi connectivity index (χ2n) is 16.7. The van der Waals surface area contributed by atoms with E-state index in [-0.39, 0.29) is 0 Å². The molecule has 0 aliphatic carbocycles. The van der Waals surface area contributed by atoms with Gasteiger partial charge in [0, 0.05) is 62.4 Å². The minimum absolute atomic E-state index is 0.900. The molecule has 12 rings (SSSR count). The van der Waals surface area contributed by atoms with Gasteiger partial charge < -0.3 is 9.80 Å². The molecule has 310 valence electrons. The topological polar surface area (TPSA) is 32.3 Å². The number of aromatic nitrogens is 2. The summed E-state index contributed by atoms with van der Waals surface area (Å²) in [5.74, 6) is 0. The van der Waals surface area contributed by atoms with Crippen molar-refractivity contribution in [2.45, 2.75) is 0 Å². The van der Waals surface area contributed by atoms with E-state index in [1.807, 2.05) is 12.4 Å². The quantitative estimate of drug-likeness (QED) is 0.128. The van der Waals surface area contributed by atoms with E-state index in [0.717, 1.165) is 66.7 Å². The van der Waals surface area contributed by atoms with Crippen LogP contribution in [-0.2, 0) is 0 Å². The number of rotatable bonds is 10. The molecule has 0 amide bonds. The second-order valence-corrected chi connectivity index (χ2v) is 16.7. The summed E-state index contributed by atoms with van der Waals surface area (Å²) < 4.78 is 0. The standard InChI is InChI=1S/C62H42N4/c1-5-13-43(14-6-1)47-21-29-53(30-22-47)65(54-31-23-48(24-32-54)44-15-7-2-8-16-44)57-37-51-41-63-59-39-58(40-60-62(59)61(51)52(38-57)42-64-60)66(55-33-25-49(26-34-55)45-17-9-3-10-18-45)56-35-27-50(28-36-56)46-19-11-4-12-20-46/h1-42H. The third kappa shape index (κ3) is 7.27. The zero-order valence-electron chi connectivity index (χ0n) is 36.0. The lowest BCUT2D eigenvalue weighted by atomic mass is 9.98. The lowest BCUT2D eigenvalue weighted by Crippen LogP contribution is -2.11. The van der Waals surface area contributed by atoms with Crippen LogP contribution in [0, 0.1) is 0 Å². The SMILES string of the molecule is c1ccc(-c2ccc(N(c3ccc(-c4ccccc4)cc3)c3cc4cnc5cc(N(c6ccc(-c7ccccc7)cc6)c6ccc(-c7ccccc7)cc6)cc6ncc(c3)c4c56)cc2)cc1. The summed E-state index contributed by atoms with van der Waals surface area (Å²) in [6, 6.07) is 86.4. The molecular weight excluding hydrogens is 801 g/mol. The Morgan fingerprint density at radius 2 is 0.485 bits per heavy atom. The van der Waals surface area contributed by atoms with E-state index in [1.165, 1.54) is 44.5 Å². The van der Waals surface area contributed by atoms with Crippen LogP contribution in [0.15, 0.2) is 255 Å². The fourth-order valence-corrected chi connectivity index (χ4v) is 9.39. The number of nitrogens with zero attached hydrogens (tertiary/aromatic N) is 4. The summed E-state index contributed by atoms with van der Waals surface area (Å²) in [6.07, 6.45) is 4.06. The number of anilines is 6. The maximum Gasteiger partial charge on any atom is 0.0751 e. The second kappa shape index (κ2) is 16.7. The molecule has 0 aliphatic heterocycles. The van der Waals surface area contributed by atoms with Gasteiger partial charge in [-0.3, -0.25) is 9.97 Å². The average molecular weight is 843 g/mol. The Balaban J connectivity index is 0.962. The highest BCUT2D eigenvalue weighted by atomic mass is 15.1. The van der Waals surface area contributed by atoms with E-state index in [4.69, 9.17) is 9.97 Å². The van der Waals surface area contributed by atoms with Gasteiger partial charge in [0.25, 0.3) is 0 Å². The summed E-state index contributed by atoms with van der Waals surface area (Å²) in [5, 5.41) is 4.34. The first-order valence-electron chi connectivity index (χ1n) is 22.4. The molecule has 66 heavy (non-hydrogen) atoms. The van der Waals surface area contributed by atoms with E-state index >= 15 is 0 Å². The highest BCUT2D eigenvalue weighted by Gasteiger charge is 2.21. The maximum absolute atomic E-state index is 5.20. The average Bonchev–Trinajstić information content (AvgIpc) is 3.40. The van der Waals surface area contributed by atoms with Crippen LogP contribution >= 0.6 is 0 Å². The van der Waals surface area contributed by atoms with Gasteiger partial charge in [0.15, 0.2) is 0 Å². The molecule has 2 heterocycles. The van der Waals surface area contributed by atoms with Gasteiger partial charge in [0.2, 0.25) is 0 Å². The van der Waals surface area contributed by atoms with E-state index in [2.05, 4.69) is 252 Å². The smallest absolute Gasteiger partial charge is 0.0751 e. The van der Waals surface area contributed by atoms with Crippen molar-refractivity contribution < 1.29 is 0 Å². The summed E-state index contributed by atoms with van der Waals surface area (Å²) in [4.78, 5) is 15.0. The highest BCUT2D eigenvalue weighted by molar-refractivity contribution is 6.22. The predicted octanol–water partition coefficient (Wildman–Crippen LogP) is 17.0. The molecule has 0 unspecified atom stereocenters. The van der Waals surface area contributed by atoms with Crippen molar-refractivity contribution in [3.63, 3.8) is 0 Å². The van der Waals surface area contributed by atoms with Gasteiger partial charge in [-0.05, 0) is 117 Å². The van der Waals surface area contributed by atoms with E-state index in [1.54, 1.807) is 0 Å². The van der Waals surface area contributed by atoms with Crippen molar-refractivity contribution in [3.8, 4) is 44.5 Å². The molecule has 2 aromatic heterocycles. The van der Waals surface area contributed by atoms with Crippen LogP contribution in [0.3, 0.4) is 0 Å². The monoisotopic (exact) mass is 842 g/mol. The minimum Gasteiger partial charge on any atom is -0.310 e. The third-order valence-electron chi connectivity index (χ3n) is 12.6. The Labute approximate surface area is 384 Å². The third-order valence-corrected chi connectivity index (χ3v) is 12.6. The van der Waals surface area contributed by atoms with E-state index < -0.39 is 0 Å². The Bertz CT molecular complexity index is 3100. The number of benzene rings is 10. The van der Waals surface area contributed by atoms with Crippen LogP contribution in [0.25, 0.3) is 77.1 Å². The zero-order chi connectivity index (χ0) is 43.8. The highest BCUT2D eigenvalue weighted by Crippen LogP contribution is 2.44. The Morgan fingerprint density at radius 3 is 0.773 bits per heavy atom. The summed E-state index contributed by atoms with van der Waals surface area (Å²) in [5.41, 5.74) is 17.5. The number of pyridine rings is 2. The Kier molecular flexibility index (Phi) is 9.81. The molecule has 0 saturated carbocycles. The molecule has 10 aromatic carbocycles. The van der Waals surface area contributed by atoms with Gasteiger partial charge >= 0.3 is 0 Å². The van der Waals surface area contributed by atoms with Gasteiger partial charge in [-0.15, -0.1) is 0 Å². The van der Waals surface area contributed by atoms with Crippen LogP contribution in [0.5, 0.6) is 0 Å². The number of hydrogen-bond donors (Lipinski definition) is 0. The molecule has 0 fully saturated rings. The largest absolute Gasteiger partial charge is 0.310 e. The van der Waals surface area contributed by atoms with Gasteiger partial charge in [0.1, 0.15) is 0 Å². The molecule has 0 aliphatic rings. The molecule has 0 radical (unpaired) electrons. The molecule has 0 bridgehead atoms. The van der Waals surface area contributed by atoms with Crippen LogP contribution in [-0.4, -0.2) is 9.97 Å². The van der Waals surface area contributed by atoms with E-state index in [0.29, 0.717) is 0 Å². The van der Waals surface area contributed by atoms with Crippen molar-refractivity contribution in [1.82, 2.24) is 9.97 Å². The normalized spacial score (nSPS) is 11.3. The molecular formula is C62H42N4. The molecule has 12 aromatic rings. The van der Waals surface area contributed by atoms with Gasteiger partial charge in [-0.25, -0.2) is 0 Å². The first-order valence-corrected chi connectivity index (χ1v) is 22.4. The first kappa shape index (κ1) is 38.8. The minimum atomic E-state index is 0.900. The summed E-state index contributed by atoms with van der Waals surface area (Å²) >= 11 is 0. The van der Waals surface area contributed by atoms with Gasteiger partial charge in [0.05, 0.1) is 16.7 Å². The lowest BCUT2D eigenvalue weighted by Gasteiger charge is -2.28. The van der Waals surface area contributed by atoms with Crippen molar-refractivity contribution in [3.05, 3.63) is 255 Å². The molecule has 0 atom stereocenters. The van der Waals surface area contributed by atoms with Crippen LogP contribution in [0.4, 0.5) is 34.1 Å². The van der Waals surface area contributed by atoms with Crippen LogP contribution in [0.2, 0.25) is 0 Å².